The fraction of sp³-hybridized carbons (Fsp3) is 0.188. The monoisotopic (exact) mass is 285 g/mol. The summed E-state index contributed by atoms with van der Waals surface area (Å²) in [6.07, 6.45) is 1.54. The van der Waals surface area contributed by atoms with Gasteiger partial charge in [-0.1, -0.05) is 18.2 Å². The van der Waals surface area contributed by atoms with Crippen molar-refractivity contribution in [2.75, 3.05) is 11.4 Å². The van der Waals surface area contributed by atoms with Gasteiger partial charge in [0.15, 0.2) is 0 Å². The molecule has 0 saturated carbocycles. The molecule has 3 N–H and O–H groups in total. The van der Waals surface area contributed by atoms with Gasteiger partial charge in [-0.2, -0.15) is 0 Å². The lowest BCUT2D eigenvalue weighted by molar-refractivity contribution is 0.0979. The number of para-hydroxylation sites is 1. The molecule has 0 spiro atoms. The average Bonchev–Trinajstić information content (AvgIpc) is 2.46. The van der Waals surface area contributed by atoms with E-state index in [-0.39, 0.29) is 22.8 Å². The number of anilines is 1. The van der Waals surface area contributed by atoms with Gasteiger partial charge < -0.3 is 20.2 Å². The Morgan fingerprint density at radius 2 is 1.57 bits per heavy atom. The van der Waals surface area contributed by atoms with Crippen LogP contribution < -0.4 is 4.90 Å². The van der Waals surface area contributed by atoms with Crippen molar-refractivity contribution in [3.05, 3.63) is 47.5 Å². The maximum Gasteiger partial charge on any atom is 0.265 e. The molecule has 0 radical (unpaired) electrons. The molecule has 2 aromatic carbocycles. The number of aryl methyl sites for hydroxylation is 1. The average molecular weight is 285 g/mol. The maximum atomic E-state index is 12.7. The third-order valence-corrected chi connectivity index (χ3v) is 3.68. The highest BCUT2D eigenvalue weighted by atomic mass is 16.3. The van der Waals surface area contributed by atoms with Crippen LogP contribution in [-0.2, 0) is 6.42 Å². The van der Waals surface area contributed by atoms with Crippen LogP contribution in [0.2, 0.25) is 0 Å². The Bertz CT molecular complexity index is 691. The van der Waals surface area contributed by atoms with Crippen molar-refractivity contribution in [1.82, 2.24) is 0 Å². The molecule has 0 saturated heterocycles. The minimum absolute atomic E-state index is 0.0236. The summed E-state index contributed by atoms with van der Waals surface area (Å²) >= 11 is 0. The van der Waals surface area contributed by atoms with E-state index in [1.807, 2.05) is 6.07 Å². The molecule has 2 aromatic rings. The smallest absolute Gasteiger partial charge is 0.265 e. The second-order valence-electron chi connectivity index (χ2n) is 5.02. The molecule has 5 heteroatoms. The summed E-state index contributed by atoms with van der Waals surface area (Å²) in [6, 6.07) is 9.28. The zero-order chi connectivity index (χ0) is 15.0. The molecule has 108 valence electrons. The summed E-state index contributed by atoms with van der Waals surface area (Å²) in [4.78, 5) is 14.1. The van der Waals surface area contributed by atoms with E-state index in [0.717, 1.165) is 18.4 Å². The van der Waals surface area contributed by atoms with Gasteiger partial charge in [0.05, 0.1) is 5.69 Å². The zero-order valence-electron chi connectivity index (χ0n) is 11.3. The summed E-state index contributed by atoms with van der Waals surface area (Å²) in [5, 5.41) is 29.7. The molecule has 5 nitrogen and oxygen atoms in total. The van der Waals surface area contributed by atoms with Crippen LogP contribution in [0.25, 0.3) is 0 Å². The number of rotatable bonds is 1. The van der Waals surface area contributed by atoms with Gasteiger partial charge in [0.25, 0.3) is 5.91 Å². The SMILES string of the molecule is O=C(c1c(O)cccc1O)N1CCCc2cccc(O)c21. The Morgan fingerprint density at radius 3 is 2.29 bits per heavy atom. The largest absolute Gasteiger partial charge is 0.507 e. The normalized spacial score (nSPS) is 13.8. The number of phenols is 3. The number of hydrogen-bond donors (Lipinski definition) is 3. The quantitative estimate of drug-likeness (QED) is 0.751. The Kier molecular flexibility index (Phi) is 3.17. The lowest BCUT2D eigenvalue weighted by atomic mass is 9.99. The molecule has 0 fully saturated rings. The van der Waals surface area contributed by atoms with E-state index in [4.69, 9.17) is 0 Å². The molecule has 0 aromatic heterocycles. The Balaban J connectivity index is 2.09. The van der Waals surface area contributed by atoms with E-state index in [1.54, 1.807) is 6.07 Å². The zero-order valence-corrected chi connectivity index (χ0v) is 11.3. The molecule has 21 heavy (non-hydrogen) atoms. The topological polar surface area (TPSA) is 81.0 Å². The summed E-state index contributed by atoms with van der Waals surface area (Å²) < 4.78 is 0. The predicted octanol–water partition coefficient (Wildman–Crippen LogP) is 2.40. The van der Waals surface area contributed by atoms with Gasteiger partial charge in [-0.05, 0) is 36.6 Å². The van der Waals surface area contributed by atoms with Crippen LogP contribution in [0.5, 0.6) is 17.2 Å². The Hall–Kier alpha value is -2.69. The first-order valence-electron chi connectivity index (χ1n) is 6.73. The van der Waals surface area contributed by atoms with Crippen molar-refractivity contribution in [2.45, 2.75) is 12.8 Å². The van der Waals surface area contributed by atoms with Crippen LogP contribution in [0.3, 0.4) is 0 Å². The van der Waals surface area contributed by atoms with Crippen LogP contribution in [0, 0.1) is 0 Å². The van der Waals surface area contributed by atoms with Crippen molar-refractivity contribution in [2.24, 2.45) is 0 Å². The Morgan fingerprint density at radius 1 is 0.952 bits per heavy atom. The summed E-state index contributed by atoms with van der Waals surface area (Å²) in [5.74, 6) is -1.05. The standard InChI is InChI=1S/C16H15NO4/c18-11-6-2-7-12(19)14(11)16(21)17-9-3-5-10-4-1-8-13(20)15(10)17/h1-2,4,6-8,18-20H,3,5,9H2. The van der Waals surface area contributed by atoms with E-state index < -0.39 is 5.91 Å². The van der Waals surface area contributed by atoms with E-state index in [0.29, 0.717) is 12.2 Å². The number of benzene rings is 2. The van der Waals surface area contributed by atoms with Crippen LogP contribution in [0.15, 0.2) is 36.4 Å². The molecule has 0 unspecified atom stereocenters. The Labute approximate surface area is 121 Å². The summed E-state index contributed by atoms with van der Waals surface area (Å²) in [6.45, 7) is 0.428. The van der Waals surface area contributed by atoms with Gasteiger partial charge in [-0.25, -0.2) is 0 Å². The molecule has 0 atom stereocenters. The number of carbonyl (C=O) groups is 1. The van der Waals surface area contributed by atoms with Crippen LogP contribution in [0.4, 0.5) is 5.69 Å². The van der Waals surface area contributed by atoms with Gasteiger partial charge in [0.1, 0.15) is 22.8 Å². The van der Waals surface area contributed by atoms with E-state index in [2.05, 4.69) is 0 Å². The van der Waals surface area contributed by atoms with Crippen molar-refractivity contribution in [1.29, 1.82) is 0 Å². The molecule has 1 amide bonds. The number of hydrogen-bond acceptors (Lipinski definition) is 4. The minimum Gasteiger partial charge on any atom is -0.507 e. The second-order valence-corrected chi connectivity index (χ2v) is 5.02. The van der Waals surface area contributed by atoms with E-state index in [9.17, 15) is 20.1 Å². The molecular formula is C16H15NO4. The van der Waals surface area contributed by atoms with Crippen molar-refractivity contribution in [3.8, 4) is 17.2 Å². The number of phenolic OH excluding ortho intramolecular Hbond substituents is 3. The number of amides is 1. The molecule has 0 aliphatic carbocycles. The number of aromatic hydroxyl groups is 3. The fourth-order valence-electron chi connectivity index (χ4n) is 2.72. The van der Waals surface area contributed by atoms with E-state index in [1.165, 1.54) is 29.2 Å². The van der Waals surface area contributed by atoms with Crippen molar-refractivity contribution in [3.63, 3.8) is 0 Å². The predicted molar refractivity (Wildman–Crippen MR) is 77.9 cm³/mol. The molecule has 1 aliphatic heterocycles. The van der Waals surface area contributed by atoms with Gasteiger partial charge in [0, 0.05) is 6.54 Å². The highest BCUT2D eigenvalue weighted by molar-refractivity contribution is 6.10. The number of fused-ring (bicyclic) bond motifs is 1. The minimum atomic E-state index is -0.520. The maximum absolute atomic E-state index is 12.7. The van der Waals surface area contributed by atoms with Crippen molar-refractivity contribution >= 4 is 11.6 Å². The van der Waals surface area contributed by atoms with Gasteiger partial charge in [-0.3, -0.25) is 4.79 Å². The first-order chi connectivity index (χ1) is 10.1. The second kappa shape index (κ2) is 5.01. The molecule has 1 heterocycles. The molecular weight excluding hydrogens is 270 g/mol. The molecule has 0 bridgehead atoms. The lowest BCUT2D eigenvalue weighted by Gasteiger charge is -2.30. The first kappa shape index (κ1) is 13.3. The van der Waals surface area contributed by atoms with Crippen LogP contribution in [-0.4, -0.2) is 27.8 Å². The highest BCUT2D eigenvalue weighted by Gasteiger charge is 2.29. The lowest BCUT2D eigenvalue weighted by Crippen LogP contribution is -2.35. The van der Waals surface area contributed by atoms with Gasteiger partial charge in [0.2, 0.25) is 0 Å². The van der Waals surface area contributed by atoms with E-state index >= 15 is 0 Å². The third-order valence-electron chi connectivity index (χ3n) is 3.68. The molecule has 3 rings (SSSR count). The number of carbonyl (C=O) groups excluding carboxylic acids is 1. The molecule has 1 aliphatic rings. The van der Waals surface area contributed by atoms with Crippen LogP contribution >= 0.6 is 0 Å². The van der Waals surface area contributed by atoms with Gasteiger partial charge in [-0.15, -0.1) is 0 Å². The first-order valence-corrected chi connectivity index (χ1v) is 6.73. The highest BCUT2D eigenvalue weighted by Crippen LogP contribution is 2.38. The van der Waals surface area contributed by atoms with Crippen molar-refractivity contribution < 1.29 is 20.1 Å². The summed E-state index contributed by atoms with van der Waals surface area (Å²) in [5.41, 5.74) is 1.19. The van der Waals surface area contributed by atoms with Crippen LogP contribution in [0.1, 0.15) is 22.3 Å². The number of nitrogens with zero attached hydrogens (tertiary/aromatic N) is 1. The fourth-order valence-corrected chi connectivity index (χ4v) is 2.72. The van der Waals surface area contributed by atoms with Gasteiger partial charge >= 0.3 is 0 Å². The summed E-state index contributed by atoms with van der Waals surface area (Å²) in [7, 11) is 0. The third kappa shape index (κ3) is 2.16.